The highest BCUT2D eigenvalue weighted by Gasteiger charge is 2.10. The largest absolute Gasteiger partial charge is 0.373 e. The van der Waals surface area contributed by atoms with Crippen molar-refractivity contribution in [3.8, 4) is 0 Å². The predicted molar refractivity (Wildman–Crippen MR) is 109 cm³/mol. The van der Waals surface area contributed by atoms with E-state index in [4.69, 9.17) is 0 Å². The summed E-state index contributed by atoms with van der Waals surface area (Å²) in [6.45, 7) is 4.86. The lowest BCUT2D eigenvalue weighted by molar-refractivity contribution is 0.102. The van der Waals surface area contributed by atoms with Crippen molar-refractivity contribution in [1.82, 2.24) is 9.97 Å². The average molecular weight is 360 g/mol. The van der Waals surface area contributed by atoms with Gasteiger partial charge in [-0.05, 0) is 67.3 Å². The fourth-order valence-electron chi connectivity index (χ4n) is 2.99. The van der Waals surface area contributed by atoms with E-state index in [0.717, 1.165) is 35.5 Å². The van der Waals surface area contributed by atoms with E-state index in [0.29, 0.717) is 5.56 Å². The van der Waals surface area contributed by atoms with Gasteiger partial charge in [-0.25, -0.2) is 0 Å². The summed E-state index contributed by atoms with van der Waals surface area (Å²) in [7, 11) is 2.00. The number of nitrogens with zero attached hydrogens (tertiary/aromatic N) is 3. The minimum atomic E-state index is -0.156. The van der Waals surface area contributed by atoms with Crippen LogP contribution in [-0.4, -0.2) is 29.5 Å². The van der Waals surface area contributed by atoms with Gasteiger partial charge in [-0.15, -0.1) is 0 Å². The molecule has 5 heteroatoms. The summed E-state index contributed by atoms with van der Waals surface area (Å²) in [6, 6.07) is 11.9. The minimum absolute atomic E-state index is 0.156. The van der Waals surface area contributed by atoms with Crippen molar-refractivity contribution in [3.05, 3.63) is 83.4 Å². The number of pyridine rings is 2. The van der Waals surface area contributed by atoms with Crippen molar-refractivity contribution in [2.45, 2.75) is 20.3 Å². The molecule has 3 rings (SSSR count). The van der Waals surface area contributed by atoms with E-state index < -0.39 is 0 Å². The second kappa shape index (κ2) is 8.45. The number of hydrogen-bond acceptors (Lipinski definition) is 4. The van der Waals surface area contributed by atoms with E-state index >= 15 is 0 Å². The highest BCUT2D eigenvalue weighted by molar-refractivity contribution is 6.04. The number of benzene rings is 1. The fourth-order valence-corrected chi connectivity index (χ4v) is 2.99. The topological polar surface area (TPSA) is 58.1 Å². The minimum Gasteiger partial charge on any atom is -0.373 e. The van der Waals surface area contributed by atoms with Gasteiger partial charge in [-0.2, -0.15) is 0 Å². The van der Waals surface area contributed by atoms with Crippen molar-refractivity contribution in [3.63, 3.8) is 0 Å². The molecule has 0 aliphatic rings. The number of hydrogen-bond donors (Lipinski definition) is 1. The van der Waals surface area contributed by atoms with Crippen molar-refractivity contribution in [2.75, 3.05) is 23.8 Å². The molecule has 3 aromatic rings. The van der Waals surface area contributed by atoms with Gasteiger partial charge >= 0.3 is 0 Å². The lowest BCUT2D eigenvalue weighted by Crippen LogP contribution is -2.21. The summed E-state index contributed by atoms with van der Waals surface area (Å²) < 4.78 is 0. The quantitative estimate of drug-likeness (QED) is 0.721. The second-order valence-corrected chi connectivity index (χ2v) is 6.79. The maximum atomic E-state index is 12.6. The average Bonchev–Trinajstić information content (AvgIpc) is 2.66. The van der Waals surface area contributed by atoms with E-state index in [1.807, 2.05) is 51.2 Å². The van der Waals surface area contributed by atoms with Crippen LogP contribution in [0, 0.1) is 13.8 Å². The molecule has 0 fully saturated rings. The number of carbonyl (C=O) groups excluding carboxylic acids is 1. The third-order valence-electron chi connectivity index (χ3n) is 4.39. The second-order valence-electron chi connectivity index (χ2n) is 6.79. The SMILES string of the molecule is Cc1cc(C)cc(NC(=O)c2cncc(N(C)CCc3ccncc3)c2)c1. The molecule has 0 unspecified atom stereocenters. The smallest absolute Gasteiger partial charge is 0.257 e. The van der Waals surface area contributed by atoms with Crippen LogP contribution in [0.3, 0.4) is 0 Å². The molecule has 0 aliphatic heterocycles. The van der Waals surface area contributed by atoms with Gasteiger partial charge in [-0.3, -0.25) is 14.8 Å². The van der Waals surface area contributed by atoms with E-state index in [2.05, 4.69) is 26.3 Å². The van der Waals surface area contributed by atoms with Crippen LogP contribution >= 0.6 is 0 Å². The summed E-state index contributed by atoms with van der Waals surface area (Å²) >= 11 is 0. The lowest BCUT2D eigenvalue weighted by atomic mass is 10.1. The molecule has 0 radical (unpaired) electrons. The Labute approximate surface area is 160 Å². The summed E-state index contributed by atoms with van der Waals surface area (Å²) in [6.07, 6.45) is 7.88. The Hall–Kier alpha value is -3.21. The van der Waals surface area contributed by atoms with Crippen molar-refractivity contribution < 1.29 is 4.79 Å². The molecular weight excluding hydrogens is 336 g/mol. The van der Waals surface area contributed by atoms with E-state index in [1.165, 1.54) is 5.56 Å². The van der Waals surface area contributed by atoms with Crippen LogP contribution in [0.15, 0.2) is 61.2 Å². The third kappa shape index (κ3) is 5.14. The Balaban J connectivity index is 1.67. The molecule has 0 saturated carbocycles. The van der Waals surface area contributed by atoms with Crippen molar-refractivity contribution in [1.29, 1.82) is 0 Å². The van der Waals surface area contributed by atoms with Crippen LogP contribution < -0.4 is 10.2 Å². The number of nitrogens with one attached hydrogen (secondary N) is 1. The van der Waals surface area contributed by atoms with Crippen LogP contribution in [0.25, 0.3) is 0 Å². The maximum Gasteiger partial charge on any atom is 0.257 e. The Kier molecular flexibility index (Phi) is 5.81. The molecule has 0 atom stereocenters. The summed E-state index contributed by atoms with van der Waals surface area (Å²) in [4.78, 5) is 23.0. The molecule has 1 aromatic carbocycles. The van der Waals surface area contributed by atoms with Gasteiger partial charge < -0.3 is 10.2 Å². The number of rotatable bonds is 6. The highest BCUT2D eigenvalue weighted by Crippen LogP contribution is 2.17. The first kappa shape index (κ1) is 18.6. The molecule has 2 aromatic heterocycles. The van der Waals surface area contributed by atoms with Gasteiger partial charge in [0.2, 0.25) is 0 Å². The Morgan fingerprint density at radius 2 is 1.70 bits per heavy atom. The fraction of sp³-hybridized carbons (Fsp3) is 0.227. The summed E-state index contributed by atoms with van der Waals surface area (Å²) in [5.41, 5.74) is 5.73. The number of aromatic nitrogens is 2. The Bertz CT molecular complexity index is 904. The van der Waals surface area contributed by atoms with Gasteiger partial charge in [0, 0.05) is 37.9 Å². The summed E-state index contributed by atoms with van der Waals surface area (Å²) in [5.74, 6) is -0.156. The molecule has 5 nitrogen and oxygen atoms in total. The van der Waals surface area contributed by atoms with Gasteiger partial charge in [-0.1, -0.05) is 6.07 Å². The number of carbonyl (C=O) groups is 1. The van der Waals surface area contributed by atoms with Crippen molar-refractivity contribution in [2.24, 2.45) is 0 Å². The van der Waals surface area contributed by atoms with Gasteiger partial charge in [0.1, 0.15) is 0 Å². The number of aryl methyl sites for hydroxylation is 2. The van der Waals surface area contributed by atoms with Crippen LogP contribution in [0.4, 0.5) is 11.4 Å². The number of anilines is 2. The predicted octanol–water partition coefficient (Wildman–Crippen LogP) is 4.02. The molecule has 138 valence electrons. The zero-order valence-electron chi connectivity index (χ0n) is 15.9. The molecule has 2 heterocycles. The third-order valence-corrected chi connectivity index (χ3v) is 4.39. The Morgan fingerprint density at radius 3 is 2.41 bits per heavy atom. The number of likely N-dealkylation sites (N-methyl/N-ethyl adjacent to an activating group) is 1. The van der Waals surface area contributed by atoms with Crippen LogP contribution in [0.5, 0.6) is 0 Å². The van der Waals surface area contributed by atoms with E-state index in [-0.39, 0.29) is 5.91 Å². The molecular formula is C22H24N4O. The van der Waals surface area contributed by atoms with Gasteiger partial charge in [0.15, 0.2) is 0 Å². The van der Waals surface area contributed by atoms with Crippen LogP contribution in [-0.2, 0) is 6.42 Å². The number of amides is 1. The standard InChI is InChI=1S/C22H24N4O/c1-16-10-17(2)12-20(11-16)25-22(27)19-13-21(15-24-14-19)26(3)9-6-18-4-7-23-8-5-18/h4-5,7-8,10-15H,6,9H2,1-3H3,(H,25,27). The Morgan fingerprint density at radius 1 is 1.00 bits per heavy atom. The first-order chi connectivity index (χ1) is 13.0. The first-order valence-electron chi connectivity index (χ1n) is 8.96. The normalized spacial score (nSPS) is 10.5. The molecule has 1 amide bonds. The molecule has 27 heavy (non-hydrogen) atoms. The molecule has 1 N–H and O–H groups in total. The zero-order valence-corrected chi connectivity index (χ0v) is 15.9. The molecule has 0 saturated heterocycles. The van der Waals surface area contributed by atoms with Gasteiger partial charge in [0.25, 0.3) is 5.91 Å². The maximum absolute atomic E-state index is 12.6. The molecule has 0 spiro atoms. The monoisotopic (exact) mass is 360 g/mol. The van der Waals surface area contributed by atoms with Crippen molar-refractivity contribution >= 4 is 17.3 Å². The van der Waals surface area contributed by atoms with E-state index in [9.17, 15) is 4.79 Å². The molecule has 0 aliphatic carbocycles. The zero-order chi connectivity index (χ0) is 19.2. The van der Waals surface area contributed by atoms with Gasteiger partial charge in [0.05, 0.1) is 17.4 Å². The lowest BCUT2D eigenvalue weighted by Gasteiger charge is -2.19. The van der Waals surface area contributed by atoms with Crippen LogP contribution in [0.1, 0.15) is 27.0 Å². The first-order valence-corrected chi connectivity index (χ1v) is 8.96. The molecule has 0 bridgehead atoms. The van der Waals surface area contributed by atoms with Crippen LogP contribution in [0.2, 0.25) is 0 Å². The highest BCUT2D eigenvalue weighted by atomic mass is 16.1. The summed E-state index contributed by atoms with van der Waals surface area (Å²) in [5, 5.41) is 2.96. The van der Waals surface area contributed by atoms with E-state index in [1.54, 1.807) is 24.8 Å².